The van der Waals surface area contributed by atoms with Gasteiger partial charge >= 0.3 is 0 Å². The van der Waals surface area contributed by atoms with Crippen LogP contribution in [0.5, 0.6) is 5.75 Å². The number of hydrogen-bond acceptors (Lipinski definition) is 5. The van der Waals surface area contributed by atoms with Crippen LogP contribution < -0.4 is 15.6 Å². The summed E-state index contributed by atoms with van der Waals surface area (Å²) in [7, 11) is 2.98. The van der Waals surface area contributed by atoms with Crippen molar-refractivity contribution in [1.82, 2.24) is 9.55 Å². The minimum Gasteiger partial charge on any atom is -0.494 e. The summed E-state index contributed by atoms with van der Waals surface area (Å²) in [4.78, 5) is 28.9. The van der Waals surface area contributed by atoms with E-state index in [1.807, 2.05) is 0 Å². The summed E-state index contributed by atoms with van der Waals surface area (Å²) < 4.78 is 19.9. The number of nitrogens with one attached hydrogen (secondary N) is 1. The van der Waals surface area contributed by atoms with Crippen LogP contribution in [0.25, 0.3) is 10.9 Å². The zero-order chi connectivity index (χ0) is 18.7. The highest BCUT2D eigenvalue weighted by Gasteiger charge is 2.11. The number of rotatable bonds is 5. The van der Waals surface area contributed by atoms with E-state index in [0.29, 0.717) is 21.7 Å². The molecule has 3 rings (SSSR count). The number of fused-ring (bicyclic) bond motifs is 1. The van der Waals surface area contributed by atoms with Crippen LogP contribution >= 0.6 is 11.8 Å². The molecule has 0 saturated heterocycles. The number of benzene rings is 2. The maximum absolute atomic E-state index is 13.7. The second-order valence-corrected chi connectivity index (χ2v) is 6.40. The quantitative estimate of drug-likeness (QED) is 0.550. The molecule has 0 fully saturated rings. The van der Waals surface area contributed by atoms with Gasteiger partial charge in [0, 0.05) is 18.8 Å². The standard InChI is InChI=1S/C18H16FN3O3S/c1-22-17(24)12-5-3-4-6-14(12)21-18(22)26-10-16(23)20-11-7-8-15(25-2)13(19)9-11/h3-9H,10H2,1-2H3,(H,20,23). The van der Waals surface area contributed by atoms with Crippen LogP contribution in [0.15, 0.2) is 52.4 Å². The summed E-state index contributed by atoms with van der Waals surface area (Å²) in [6.07, 6.45) is 0. The monoisotopic (exact) mass is 373 g/mol. The van der Waals surface area contributed by atoms with Crippen molar-refractivity contribution in [2.45, 2.75) is 5.16 Å². The van der Waals surface area contributed by atoms with Crippen LogP contribution in [-0.2, 0) is 11.8 Å². The predicted octanol–water partition coefficient (Wildman–Crippen LogP) is 2.81. The Morgan fingerprint density at radius 2 is 2.08 bits per heavy atom. The van der Waals surface area contributed by atoms with E-state index in [-0.39, 0.29) is 23.0 Å². The minimum atomic E-state index is -0.559. The van der Waals surface area contributed by atoms with Crippen molar-refractivity contribution >= 4 is 34.3 Å². The van der Waals surface area contributed by atoms with Gasteiger partial charge in [-0.3, -0.25) is 14.2 Å². The van der Waals surface area contributed by atoms with Crippen molar-refractivity contribution in [3.63, 3.8) is 0 Å². The molecule has 0 atom stereocenters. The van der Waals surface area contributed by atoms with E-state index in [9.17, 15) is 14.0 Å². The van der Waals surface area contributed by atoms with Crippen molar-refractivity contribution < 1.29 is 13.9 Å². The number of anilines is 1. The molecule has 1 amide bonds. The maximum Gasteiger partial charge on any atom is 0.261 e. The maximum atomic E-state index is 13.7. The molecule has 0 saturated carbocycles. The molecule has 0 spiro atoms. The topological polar surface area (TPSA) is 73.2 Å². The molecular formula is C18H16FN3O3S. The predicted molar refractivity (Wildman–Crippen MR) is 99.3 cm³/mol. The molecule has 1 heterocycles. The van der Waals surface area contributed by atoms with Crippen LogP contribution in [0.4, 0.5) is 10.1 Å². The zero-order valence-corrected chi connectivity index (χ0v) is 15.0. The van der Waals surface area contributed by atoms with E-state index < -0.39 is 5.82 Å². The number of ether oxygens (including phenoxy) is 1. The lowest BCUT2D eigenvalue weighted by molar-refractivity contribution is -0.113. The number of thioether (sulfide) groups is 1. The number of amides is 1. The highest BCUT2D eigenvalue weighted by Crippen LogP contribution is 2.21. The van der Waals surface area contributed by atoms with Gasteiger partial charge in [-0.25, -0.2) is 9.37 Å². The number of aromatic nitrogens is 2. The SMILES string of the molecule is COc1ccc(NC(=O)CSc2nc3ccccc3c(=O)n2C)cc1F. The number of carbonyl (C=O) groups is 1. The normalized spacial score (nSPS) is 10.7. The minimum absolute atomic E-state index is 0.0340. The zero-order valence-electron chi connectivity index (χ0n) is 14.2. The van der Waals surface area contributed by atoms with Gasteiger partial charge in [-0.15, -0.1) is 0 Å². The Morgan fingerprint density at radius 3 is 2.81 bits per heavy atom. The van der Waals surface area contributed by atoms with Crippen LogP contribution in [0.3, 0.4) is 0 Å². The molecule has 1 aromatic heterocycles. The van der Waals surface area contributed by atoms with Gasteiger partial charge in [0.1, 0.15) is 0 Å². The summed E-state index contributed by atoms with van der Waals surface area (Å²) in [6, 6.07) is 11.2. The average Bonchev–Trinajstić information content (AvgIpc) is 2.64. The molecule has 0 bridgehead atoms. The summed E-state index contributed by atoms with van der Waals surface area (Å²) in [6.45, 7) is 0. The molecular weight excluding hydrogens is 357 g/mol. The molecule has 26 heavy (non-hydrogen) atoms. The Hall–Kier alpha value is -2.87. The molecule has 2 aromatic carbocycles. The molecule has 6 nitrogen and oxygen atoms in total. The lowest BCUT2D eigenvalue weighted by atomic mass is 10.2. The molecule has 0 radical (unpaired) electrons. The lowest BCUT2D eigenvalue weighted by Gasteiger charge is -2.09. The largest absolute Gasteiger partial charge is 0.494 e. The third kappa shape index (κ3) is 3.70. The number of carbonyl (C=O) groups excluding carboxylic acids is 1. The van der Waals surface area contributed by atoms with Gasteiger partial charge in [0.25, 0.3) is 5.56 Å². The van der Waals surface area contributed by atoms with Crippen molar-refractivity contribution in [1.29, 1.82) is 0 Å². The summed E-state index contributed by atoms with van der Waals surface area (Å²) in [5.41, 5.74) is 0.737. The number of hydrogen-bond donors (Lipinski definition) is 1. The number of halogens is 1. The first-order valence-corrected chi connectivity index (χ1v) is 8.70. The highest BCUT2D eigenvalue weighted by molar-refractivity contribution is 7.99. The lowest BCUT2D eigenvalue weighted by Crippen LogP contribution is -2.21. The molecule has 0 aliphatic rings. The van der Waals surface area contributed by atoms with E-state index in [1.165, 1.54) is 23.8 Å². The number of methoxy groups -OCH3 is 1. The van der Waals surface area contributed by atoms with Gasteiger partial charge in [0.05, 0.1) is 23.8 Å². The summed E-state index contributed by atoms with van der Waals surface area (Å²) in [5.74, 6) is -0.752. The van der Waals surface area contributed by atoms with Gasteiger partial charge in [-0.1, -0.05) is 23.9 Å². The van der Waals surface area contributed by atoms with Gasteiger partial charge in [0.15, 0.2) is 16.7 Å². The van der Waals surface area contributed by atoms with Gasteiger partial charge in [0.2, 0.25) is 5.91 Å². The molecule has 0 aliphatic carbocycles. The fourth-order valence-electron chi connectivity index (χ4n) is 2.40. The fraction of sp³-hybridized carbons (Fsp3) is 0.167. The number of nitrogens with zero attached hydrogens (tertiary/aromatic N) is 2. The van der Waals surface area contributed by atoms with Crippen LogP contribution in [-0.4, -0.2) is 28.3 Å². The molecule has 1 N–H and O–H groups in total. The fourth-order valence-corrected chi connectivity index (χ4v) is 3.17. The first kappa shape index (κ1) is 17.9. The van der Waals surface area contributed by atoms with Gasteiger partial charge < -0.3 is 10.1 Å². The molecule has 8 heteroatoms. The molecule has 0 unspecified atom stereocenters. The molecule has 134 valence electrons. The smallest absolute Gasteiger partial charge is 0.261 e. The Kier molecular flexibility index (Phi) is 5.22. The Bertz CT molecular complexity index is 1040. The van der Waals surface area contributed by atoms with E-state index in [2.05, 4.69) is 10.3 Å². The third-order valence-corrected chi connectivity index (χ3v) is 4.74. The molecule has 3 aromatic rings. The van der Waals surface area contributed by atoms with Crippen LogP contribution in [0.1, 0.15) is 0 Å². The first-order chi connectivity index (χ1) is 12.5. The van der Waals surface area contributed by atoms with Gasteiger partial charge in [-0.2, -0.15) is 0 Å². The van der Waals surface area contributed by atoms with E-state index >= 15 is 0 Å². The Balaban J connectivity index is 1.72. The highest BCUT2D eigenvalue weighted by atomic mass is 32.2. The van der Waals surface area contributed by atoms with Crippen molar-refractivity contribution in [2.24, 2.45) is 7.05 Å². The van der Waals surface area contributed by atoms with Gasteiger partial charge in [-0.05, 0) is 24.3 Å². The second-order valence-electron chi connectivity index (χ2n) is 5.46. The van der Waals surface area contributed by atoms with Crippen LogP contribution in [0.2, 0.25) is 0 Å². The molecule has 0 aliphatic heterocycles. The van der Waals surface area contributed by atoms with Crippen molar-refractivity contribution in [3.05, 3.63) is 58.6 Å². The van der Waals surface area contributed by atoms with E-state index in [1.54, 1.807) is 37.4 Å². The number of para-hydroxylation sites is 1. The summed E-state index contributed by atoms with van der Waals surface area (Å²) >= 11 is 1.14. The van der Waals surface area contributed by atoms with E-state index in [0.717, 1.165) is 11.8 Å². The average molecular weight is 373 g/mol. The van der Waals surface area contributed by atoms with Crippen molar-refractivity contribution in [3.8, 4) is 5.75 Å². The van der Waals surface area contributed by atoms with Crippen LogP contribution in [0, 0.1) is 5.82 Å². The second kappa shape index (κ2) is 7.57. The summed E-state index contributed by atoms with van der Waals surface area (Å²) in [5, 5.41) is 3.57. The Morgan fingerprint density at radius 1 is 1.31 bits per heavy atom. The van der Waals surface area contributed by atoms with Crippen molar-refractivity contribution in [2.75, 3.05) is 18.2 Å². The van der Waals surface area contributed by atoms with E-state index in [4.69, 9.17) is 4.74 Å². The first-order valence-electron chi connectivity index (χ1n) is 7.71. The third-order valence-electron chi connectivity index (χ3n) is 3.71. The Labute approximate surface area is 153 Å².